The fourth-order valence-corrected chi connectivity index (χ4v) is 1.80. The normalized spacial score (nSPS) is 14.2. The van der Waals surface area contributed by atoms with E-state index in [1.807, 2.05) is 52.0 Å². The summed E-state index contributed by atoms with van der Waals surface area (Å²) in [5.41, 5.74) is 6.24. The third-order valence-corrected chi connectivity index (χ3v) is 3.42. The molecule has 2 atom stereocenters. The first kappa shape index (κ1) is 18.2. The molecule has 0 radical (unpaired) electrons. The van der Waals surface area contributed by atoms with Gasteiger partial charge in [-0.05, 0) is 38.5 Å². The Balaban J connectivity index is 0.00000324. The highest BCUT2D eigenvalue weighted by atomic mass is 35.5. The molecule has 0 aliphatic rings. The minimum absolute atomic E-state index is 0. The van der Waals surface area contributed by atoms with Gasteiger partial charge >= 0.3 is 0 Å². The van der Waals surface area contributed by atoms with E-state index in [0.717, 1.165) is 5.56 Å². The van der Waals surface area contributed by atoms with E-state index in [4.69, 9.17) is 17.3 Å². The van der Waals surface area contributed by atoms with E-state index < -0.39 is 5.54 Å². The minimum atomic E-state index is -0.467. The molecule has 0 aromatic heterocycles. The summed E-state index contributed by atoms with van der Waals surface area (Å²) in [5.74, 6) is -0.265. The van der Waals surface area contributed by atoms with Crippen molar-refractivity contribution in [1.82, 2.24) is 5.32 Å². The molecule has 3 N–H and O–H groups in total. The van der Waals surface area contributed by atoms with E-state index in [1.165, 1.54) is 0 Å². The van der Waals surface area contributed by atoms with E-state index in [2.05, 4.69) is 5.32 Å². The van der Waals surface area contributed by atoms with Gasteiger partial charge in [0, 0.05) is 17.0 Å². The van der Waals surface area contributed by atoms with Crippen LogP contribution in [0.1, 0.15) is 33.3 Å². The van der Waals surface area contributed by atoms with Crippen molar-refractivity contribution in [2.75, 3.05) is 0 Å². The molecule has 0 aliphatic heterocycles. The first-order valence-electron chi connectivity index (χ1n) is 6.07. The summed E-state index contributed by atoms with van der Waals surface area (Å²) in [4.78, 5) is 12.0. The van der Waals surface area contributed by atoms with Crippen molar-refractivity contribution < 1.29 is 4.79 Å². The molecule has 0 fully saturated rings. The van der Waals surface area contributed by atoms with Crippen LogP contribution < -0.4 is 11.1 Å². The molecule has 0 saturated heterocycles. The third kappa shape index (κ3) is 5.01. The molecule has 19 heavy (non-hydrogen) atoms. The summed E-state index contributed by atoms with van der Waals surface area (Å²) in [7, 11) is 0. The number of carbonyl (C=O) groups excluding carboxylic acids is 1. The quantitative estimate of drug-likeness (QED) is 0.898. The highest BCUT2D eigenvalue weighted by molar-refractivity contribution is 6.30. The highest BCUT2D eigenvalue weighted by Gasteiger charge is 2.26. The predicted octanol–water partition coefficient (Wildman–Crippen LogP) is 3.10. The number of halogens is 2. The van der Waals surface area contributed by atoms with Crippen molar-refractivity contribution in [2.45, 2.75) is 39.3 Å². The van der Waals surface area contributed by atoms with Gasteiger partial charge in [0.1, 0.15) is 0 Å². The van der Waals surface area contributed by atoms with Crippen molar-refractivity contribution in [3.05, 3.63) is 34.9 Å². The topological polar surface area (TPSA) is 55.1 Å². The number of hydrogen-bond donors (Lipinski definition) is 2. The molecule has 108 valence electrons. The van der Waals surface area contributed by atoms with Gasteiger partial charge < -0.3 is 11.1 Å². The zero-order chi connectivity index (χ0) is 13.9. The van der Waals surface area contributed by atoms with Gasteiger partial charge in [-0.2, -0.15) is 0 Å². The maximum Gasteiger partial charge on any atom is 0.225 e. The van der Waals surface area contributed by atoms with Crippen LogP contribution in [0.2, 0.25) is 5.02 Å². The van der Waals surface area contributed by atoms with E-state index in [9.17, 15) is 4.79 Å². The molecule has 3 nitrogen and oxygen atoms in total. The molecule has 0 heterocycles. The van der Waals surface area contributed by atoms with Crippen LogP contribution in [0.3, 0.4) is 0 Å². The molecule has 0 spiro atoms. The lowest BCUT2D eigenvalue weighted by Crippen LogP contribution is -2.47. The molecule has 0 aliphatic carbocycles. The average Bonchev–Trinajstić information content (AvgIpc) is 2.27. The molecular formula is C14H22Cl2N2O. The van der Waals surface area contributed by atoms with Gasteiger partial charge in [0.2, 0.25) is 5.91 Å². The second kappa shape index (κ2) is 7.13. The van der Waals surface area contributed by atoms with Crippen molar-refractivity contribution in [3.63, 3.8) is 0 Å². The van der Waals surface area contributed by atoms with Gasteiger partial charge in [-0.15, -0.1) is 12.4 Å². The fraction of sp³-hybridized carbons (Fsp3) is 0.500. The Labute approximate surface area is 126 Å². The zero-order valence-corrected chi connectivity index (χ0v) is 13.3. The Morgan fingerprint density at radius 1 is 1.37 bits per heavy atom. The van der Waals surface area contributed by atoms with Gasteiger partial charge in [-0.3, -0.25) is 4.79 Å². The molecule has 2 unspecified atom stereocenters. The lowest BCUT2D eigenvalue weighted by Gasteiger charge is -2.29. The average molecular weight is 305 g/mol. The Hall–Kier alpha value is -0.770. The van der Waals surface area contributed by atoms with Crippen molar-refractivity contribution in [1.29, 1.82) is 0 Å². The Bertz CT molecular complexity index is 433. The SMILES string of the molecule is CC(N)C(C)C(=O)NC(C)(C)c1cccc(Cl)c1.Cl. The Morgan fingerprint density at radius 3 is 2.42 bits per heavy atom. The number of carbonyl (C=O) groups is 1. The van der Waals surface area contributed by atoms with Crippen LogP contribution in [0.4, 0.5) is 0 Å². The van der Waals surface area contributed by atoms with E-state index in [-0.39, 0.29) is 30.3 Å². The number of hydrogen-bond acceptors (Lipinski definition) is 2. The van der Waals surface area contributed by atoms with Gasteiger partial charge in [0.25, 0.3) is 0 Å². The largest absolute Gasteiger partial charge is 0.347 e. The smallest absolute Gasteiger partial charge is 0.225 e. The zero-order valence-electron chi connectivity index (χ0n) is 11.7. The summed E-state index contributed by atoms with van der Waals surface area (Å²) in [5, 5.41) is 3.67. The summed E-state index contributed by atoms with van der Waals surface area (Å²) >= 11 is 5.97. The summed E-state index contributed by atoms with van der Waals surface area (Å²) in [6, 6.07) is 7.33. The second-order valence-corrected chi connectivity index (χ2v) is 5.71. The van der Waals surface area contributed by atoms with Crippen LogP contribution in [-0.4, -0.2) is 11.9 Å². The third-order valence-electron chi connectivity index (χ3n) is 3.18. The van der Waals surface area contributed by atoms with E-state index in [1.54, 1.807) is 0 Å². The lowest BCUT2D eigenvalue weighted by molar-refractivity contribution is -0.126. The van der Waals surface area contributed by atoms with E-state index in [0.29, 0.717) is 5.02 Å². The van der Waals surface area contributed by atoms with Crippen molar-refractivity contribution in [2.24, 2.45) is 11.7 Å². The van der Waals surface area contributed by atoms with Crippen molar-refractivity contribution >= 4 is 29.9 Å². The number of benzene rings is 1. The molecule has 0 bridgehead atoms. The monoisotopic (exact) mass is 304 g/mol. The number of rotatable bonds is 4. The van der Waals surface area contributed by atoms with E-state index >= 15 is 0 Å². The van der Waals surface area contributed by atoms with Gasteiger partial charge in [-0.25, -0.2) is 0 Å². The first-order valence-corrected chi connectivity index (χ1v) is 6.45. The molecule has 1 amide bonds. The Morgan fingerprint density at radius 2 is 1.95 bits per heavy atom. The van der Waals surface area contributed by atoms with Crippen LogP contribution >= 0.6 is 24.0 Å². The molecular weight excluding hydrogens is 283 g/mol. The molecule has 1 aromatic carbocycles. The van der Waals surface area contributed by atoms with Crippen molar-refractivity contribution in [3.8, 4) is 0 Å². The lowest BCUT2D eigenvalue weighted by atomic mass is 9.92. The van der Waals surface area contributed by atoms with Crippen LogP contribution in [0.15, 0.2) is 24.3 Å². The molecule has 1 aromatic rings. The summed E-state index contributed by atoms with van der Waals surface area (Å²) < 4.78 is 0. The molecule has 1 rings (SSSR count). The summed E-state index contributed by atoms with van der Waals surface area (Å²) in [6.45, 7) is 7.56. The Kier molecular flexibility index (Phi) is 6.84. The minimum Gasteiger partial charge on any atom is -0.347 e. The van der Waals surface area contributed by atoms with Crippen LogP contribution in [-0.2, 0) is 10.3 Å². The van der Waals surface area contributed by atoms with Gasteiger partial charge in [0.05, 0.1) is 5.54 Å². The summed E-state index contributed by atoms with van der Waals surface area (Å²) in [6.07, 6.45) is 0. The number of nitrogens with two attached hydrogens (primary N) is 1. The molecule has 0 saturated carbocycles. The second-order valence-electron chi connectivity index (χ2n) is 5.27. The maximum atomic E-state index is 12.0. The van der Waals surface area contributed by atoms with Crippen LogP contribution in [0.25, 0.3) is 0 Å². The van der Waals surface area contributed by atoms with Crippen LogP contribution in [0, 0.1) is 5.92 Å². The fourth-order valence-electron chi connectivity index (χ4n) is 1.61. The highest BCUT2D eigenvalue weighted by Crippen LogP contribution is 2.23. The number of nitrogens with one attached hydrogen (secondary N) is 1. The van der Waals surface area contributed by atoms with Crippen LogP contribution in [0.5, 0.6) is 0 Å². The first-order chi connectivity index (χ1) is 8.24. The van der Waals surface area contributed by atoms with Gasteiger partial charge in [-0.1, -0.05) is 30.7 Å². The van der Waals surface area contributed by atoms with Gasteiger partial charge in [0.15, 0.2) is 0 Å². The standard InChI is InChI=1S/C14H21ClN2O.ClH/c1-9(10(2)16)13(18)17-14(3,4)11-6-5-7-12(15)8-11;/h5-10H,16H2,1-4H3,(H,17,18);1H. The number of amides is 1. The molecule has 5 heteroatoms. The predicted molar refractivity (Wildman–Crippen MR) is 82.7 cm³/mol. The maximum absolute atomic E-state index is 12.0.